The average Bonchev–Trinajstić information content (AvgIpc) is 2.26. The van der Waals surface area contributed by atoms with Crippen LogP contribution in [0, 0.1) is 0 Å². The van der Waals surface area contributed by atoms with Crippen LogP contribution in [0.15, 0.2) is 12.4 Å². The minimum atomic E-state index is -0.878. The topological polar surface area (TPSA) is 75.5 Å². The van der Waals surface area contributed by atoms with Gasteiger partial charge < -0.3 is 14.9 Å². The number of nitrogens with zero attached hydrogens (tertiary/aromatic N) is 2. The largest absolute Gasteiger partial charge is 0.474 e. The lowest BCUT2D eigenvalue weighted by molar-refractivity contribution is 0.0519. The molecule has 0 spiro atoms. The van der Waals surface area contributed by atoms with Gasteiger partial charge in [-0.15, -0.1) is 0 Å². The number of hydrogen-bond acceptors (Lipinski definition) is 5. The number of aromatic nitrogens is 2. The molecule has 5 heteroatoms. The Labute approximate surface area is 88.8 Å². The van der Waals surface area contributed by atoms with Crippen LogP contribution in [0.2, 0.25) is 0 Å². The number of rotatable bonds is 5. The van der Waals surface area contributed by atoms with E-state index in [9.17, 15) is 0 Å². The van der Waals surface area contributed by atoms with Crippen molar-refractivity contribution in [3.05, 3.63) is 18.1 Å². The molecule has 0 amide bonds. The lowest BCUT2D eigenvalue weighted by Crippen LogP contribution is -2.21. The maximum absolute atomic E-state index is 9.04. The SMILES string of the molecule is CC(C)c1cnc(OC[C@@H](O)CO)cn1. The van der Waals surface area contributed by atoms with Gasteiger partial charge in [0, 0.05) is 0 Å². The van der Waals surface area contributed by atoms with Crippen molar-refractivity contribution in [2.75, 3.05) is 13.2 Å². The van der Waals surface area contributed by atoms with Gasteiger partial charge in [0.05, 0.1) is 24.7 Å². The smallest absolute Gasteiger partial charge is 0.232 e. The predicted octanol–water partition coefficient (Wildman–Crippen LogP) is 0.332. The summed E-state index contributed by atoms with van der Waals surface area (Å²) in [5, 5.41) is 17.6. The first kappa shape index (κ1) is 11.9. The van der Waals surface area contributed by atoms with Gasteiger partial charge in [0.15, 0.2) is 0 Å². The first-order valence-electron chi connectivity index (χ1n) is 4.87. The fourth-order valence-electron chi connectivity index (χ4n) is 0.933. The summed E-state index contributed by atoms with van der Waals surface area (Å²) in [4.78, 5) is 8.18. The zero-order valence-corrected chi connectivity index (χ0v) is 8.92. The van der Waals surface area contributed by atoms with E-state index in [-0.39, 0.29) is 13.2 Å². The molecule has 0 aromatic carbocycles. The third-order valence-corrected chi connectivity index (χ3v) is 1.87. The second-order valence-corrected chi connectivity index (χ2v) is 3.58. The first-order chi connectivity index (χ1) is 7.13. The highest BCUT2D eigenvalue weighted by molar-refractivity contribution is 5.09. The Morgan fingerprint density at radius 1 is 1.33 bits per heavy atom. The van der Waals surface area contributed by atoms with Gasteiger partial charge in [0.25, 0.3) is 0 Å². The Bertz CT molecular complexity index is 287. The van der Waals surface area contributed by atoms with Crippen LogP contribution < -0.4 is 4.74 Å². The second-order valence-electron chi connectivity index (χ2n) is 3.58. The molecule has 1 atom stereocenters. The van der Waals surface area contributed by atoms with Crippen LogP contribution in [0.25, 0.3) is 0 Å². The molecule has 1 heterocycles. The van der Waals surface area contributed by atoms with E-state index in [2.05, 4.69) is 9.97 Å². The van der Waals surface area contributed by atoms with Crippen molar-refractivity contribution in [1.29, 1.82) is 0 Å². The van der Waals surface area contributed by atoms with E-state index in [0.717, 1.165) is 5.69 Å². The predicted molar refractivity (Wildman–Crippen MR) is 54.7 cm³/mol. The molecule has 15 heavy (non-hydrogen) atoms. The molecule has 1 aromatic rings. The van der Waals surface area contributed by atoms with Crippen LogP contribution in [0.4, 0.5) is 0 Å². The molecule has 2 N–H and O–H groups in total. The van der Waals surface area contributed by atoms with Gasteiger partial charge >= 0.3 is 0 Å². The maximum Gasteiger partial charge on any atom is 0.232 e. The number of hydrogen-bond donors (Lipinski definition) is 2. The van der Waals surface area contributed by atoms with Gasteiger partial charge in [0.2, 0.25) is 5.88 Å². The monoisotopic (exact) mass is 212 g/mol. The van der Waals surface area contributed by atoms with E-state index in [1.165, 1.54) is 6.20 Å². The van der Waals surface area contributed by atoms with E-state index in [4.69, 9.17) is 14.9 Å². The molecule has 0 fully saturated rings. The summed E-state index contributed by atoms with van der Waals surface area (Å²) in [7, 11) is 0. The zero-order valence-electron chi connectivity index (χ0n) is 8.92. The van der Waals surface area contributed by atoms with Crippen LogP contribution in [-0.2, 0) is 0 Å². The molecular formula is C10H16N2O3. The quantitative estimate of drug-likeness (QED) is 0.735. The van der Waals surface area contributed by atoms with Crippen molar-refractivity contribution in [3.8, 4) is 5.88 Å². The van der Waals surface area contributed by atoms with Crippen molar-refractivity contribution in [3.63, 3.8) is 0 Å². The van der Waals surface area contributed by atoms with E-state index in [0.29, 0.717) is 11.8 Å². The standard InChI is InChI=1S/C10H16N2O3/c1-7(2)9-3-12-10(4-11-9)15-6-8(14)5-13/h3-4,7-8,13-14H,5-6H2,1-2H3/t8-/m0/s1. The summed E-state index contributed by atoms with van der Waals surface area (Å²) in [6.07, 6.45) is 2.28. The summed E-state index contributed by atoms with van der Waals surface area (Å²) in [6, 6.07) is 0. The van der Waals surface area contributed by atoms with Crippen molar-refractivity contribution in [1.82, 2.24) is 9.97 Å². The van der Waals surface area contributed by atoms with Gasteiger partial charge in [-0.1, -0.05) is 13.8 Å². The van der Waals surface area contributed by atoms with E-state index in [1.807, 2.05) is 13.8 Å². The van der Waals surface area contributed by atoms with Crippen LogP contribution in [0.3, 0.4) is 0 Å². The normalized spacial score (nSPS) is 12.9. The summed E-state index contributed by atoms with van der Waals surface area (Å²) < 4.78 is 5.11. The molecular weight excluding hydrogens is 196 g/mol. The number of ether oxygens (including phenoxy) is 1. The molecule has 1 aromatic heterocycles. The van der Waals surface area contributed by atoms with Gasteiger partial charge in [-0.3, -0.25) is 4.98 Å². The van der Waals surface area contributed by atoms with E-state index >= 15 is 0 Å². The highest BCUT2D eigenvalue weighted by Crippen LogP contribution is 2.12. The highest BCUT2D eigenvalue weighted by atomic mass is 16.5. The van der Waals surface area contributed by atoms with Crippen LogP contribution in [0.5, 0.6) is 5.88 Å². The maximum atomic E-state index is 9.04. The average molecular weight is 212 g/mol. The third kappa shape index (κ3) is 3.81. The van der Waals surface area contributed by atoms with Crippen molar-refractivity contribution in [2.24, 2.45) is 0 Å². The fourth-order valence-corrected chi connectivity index (χ4v) is 0.933. The summed E-state index contributed by atoms with van der Waals surface area (Å²) in [5.74, 6) is 0.682. The zero-order chi connectivity index (χ0) is 11.3. The summed E-state index contributed by atoms with van der Waals surface area (Å²) >= 11 is 0. The molecule has 0 aliphatic rings. The molecule has 1 rings (SSSR count). The molecule has 0 aliphatic carbocycles. The van der Waals surface area contributed by atoms with Crippen molar-refractivity contribution in [2.45, 2.75) is 25.9 Å². The molecule has 0 saturated heterocycles. The molecule has 0 bridgehead atoms. The van der Waals surface area contributed by atoms with Gasteiger partial charge in [-0.25, -0.2) is 4.98 Å². The molecule has 84 valence electrons. The Balaban J connectivity index is 2.50. The second kappa shape index (κ2) is 5.63. The molecule has 0 aliphatic heterocycles. The van der Waals surface area contributed by atoms with Crippen LogP contribution >= 0.6 is 0 Å². The first-order valence-corrected chi connectivity index (χ1v) is 4.87. The van der Waals surface area contributed by atoms with Gasteiger partial charge in [0.1, 0.15) is 12.7 Å². The lowest BCUT2D eigenvalue weighted by atomic mass is 10.1. The molecule has 0 unspecified atom stereocenters. The van der Waals surface area contributed by atoms with Crippen LogP contribution in [0.1, 0.15) is 25.5 Å². The van der Waals surface area contributed by atoms with Crippen molar-refractivity contribution < 1.29 is 14.9 Å². The summed E-state index contributed by atoms with van der Waals surface area (Å²) in [6.45, 7) is 3.75. The highest BCUT2D eigenvalue weighted by Gasteiger charge is 2.05. The minimum absolute atomic E-state index is 0.0200. The number of aliphatic hydroxyl groups excluding tert-OH is 2. The van der Waals surface area contributed by atoms with E-state index in [1.54, 1.807) is 6.20 Å². The fraction of sp³-hybridized carbons (Fsp3) is 0.600. The van der Waals surface area contributed by atoms with Gasteiger partial charge in [-0.2, -0.15) is 0 Å². The third-order valence-electron chi connectivity index (χ3n) is 1.87. The molecule has 5 nitrogen and oxygen atoms in total. The Morgan fingerprint density at radius 2 is 2.07 bits per heavy atom. The Kier molecular flexibility index (Phi) is 4.45. The van der Waals surface area contributed by atoms with Gasteiger partial charge in [-0.05, 0) is 5.92 Å². The summed E-state index contributed by atoms with van der Waals surface area (Å²) in [5.41, 5.74) is 0.894. The lowest BCUT2D eigenvalue weighted by Gasteiger charge is -2.09. The molecule has 0 saturated carbocycles. The van der Waals surface area contributed by atoms with Crippen molar-refractivity contribution >= 4 is 0 Å². The Morgan fingerprint density at radius 3 is 2.53 bits per heavy atom. The molecule has 0 radical (unpaired) electrons. The Hall–Kier alpha value is -1.20. The number of aliphatic hydroxyl groups is 2. The van der Waals surface area contributed by atoms with E-state index < -0.39 is 6.10 Å². The minimum Gasteiger partial charge on any atom is -0.474 e. The van der Waals surface area contributed by atoms with Crippen LogP contribution in [-0.4, -0.2) is 39.5 Å².